The Hall–Kier alpha value is -3.05. The molecule has 140 valence electrons. The van der Waals surface area contributed by atoms with Crippen LogP contribution < -0.4 is 4.90 Å². The van der Waals surface area contributed by atoms with Crippen molar-refractivity contribution in [2.24, 2.45) is 0 Å². The fraction of sp³-hybridized carbons (Fsp3) is 0.130. The number of carbonyl (C=O) groups excluding carboxylic acids is 1. The maximum absolute atomic E-state index is 13.2. The zero-order chi connectivity index (χ0) is 19.5. The van der Waals surface area contributed by atoms with E-state index in [1.165, 1.54) is 23.5 Å². The van der Waals surface area contributed by atoms with Crippen LogP contribution >= 0.6 is 11.3 Å². The van der Waals surface area contributed by atoms with E-state index < -0.39 is 0 Å². The Kier molecular flexibility index (Phi) is 5.17. The Bertz CT molecular complexity index is 1110. The molecule has 0 N–H and O–H groups in total. The Labute approximate surface area is 167 Å². The molecule has 0 radical (unpaired) electrons. The molecule has 3 nitrogen and oxygen atoms in total. The first-order chi connectivity index (χ1) is 13.6. The Morgan fingerprint density at radius 3 is 2.50 bits per heavy atom. The normalized spacial score (nSPS) is 10.9. The minimum atomic E-state index is -0.307. The van der Waals surface area contributed by atoms with Crippen LogP contribution in [0.3, 0.4) is 0 Å². The molecule has 0 atom stereocenters. The summed E-state index contributed by atoms with van der Waals surface area (Å²) in [5.41, 5.74) is 3.86. The lowest BCUT2D eigenvalue weighted by Gasteiger charge is -2.20. The predicted molar refractivity (Wildman–Crippen MR) is 112 cm³/mol. The molecular formula is C23H19FN2OS. The molecule has 0 spiro atoms. The fourth-order valence-corrected chi connectivity index (χ4v) is 4.12. The molecule has 0 saturated carbocycles. The van der Waals surface area contributed by atoms with Crippen molar-refractivity contribution >= 4 is 32.6 Å². The monoisotopic (exact) mass is 390 g/mol. The van der Waals surface area contributed by atoms with Crippen LogP contribution in [0.15, 0.2) is 72.8 Å². The van der Waals surface area contributed by atoms with Crippen LogP contribution in [0.5, 0.6) is 0 Å². The first-order valence-electron chi connectivity index (χ1n) is 9.04. The molecule has 4 aromatic rings. The van der Waals surface area contributed by atoms with Gasteiger partial charge in [-0.05, 0) is 47.9 Å². The Morgan fingerprint density at radius 2 is 1.75 bits per heavy atom. The number of hydrogen-bond acceptors (Lipinski definition) is 3. The van der Waals surface area contributed by atoms with E-state index >= 15 is 0 Å². The van der Waals surface area contributed by atoms with Crippen LogP contribution in [0.1, 0.15) is 16.7 Å². The summed E-state index contributed by atoms with van der Waals surface area (Å²) in [4.78, 5) is 19.6. The minimum Gasteiger partial charge on any atom is -0.283 e. The molecule has 3 aromatic carbocycles. The number of aromatic nitrogens is 1. The topological polar surface area (TPSA) is 33.2 Å². The number of aryl methyl sites for hydroxylation is 1. The van der Waals surface area contributed by atoms with Gasteiger partial charge >= 0.3 is 0 Å². The van der Waals surface area contributed by atoms with Gasteiger partial charge in [0, 0.05) is 0 Å². The van der Waals surface area contributed by atoms with Crippen LogP contribution in [-0.4, -0.2) is 10.9 Å². The zero-order valence-electron chi connectivity index (χ0n) is 15.4. The van der Waals surface area contributed by atoms with E-state index in [0.29, 0.717) is 11.7 Å². The van der Waals surface area contributed by atoms with Gasteiger partial charge in [0.1, 0.15) is 5.82 Å². The number of carbonyl (C=O) groups is 1. The van der Waals surface area contributed by atoms with Crippen LogP contribution in [0.4, 0.5) is 9.52 Å². The molecule has 0 aliphatic rings. The number of benzene rings is 3. The first-order valence-corrected chi connectivity index (χ1v) is 9.86. The lowest BCUT2D eigenvalue weighted by atomic mass is 10.1. The van der Waals surface area contributed by atoms with E-state index in [1.807, 2.05) is 49.4 Å². The standard InChI is InChI=1S/C23H19FN2OS/c1-16-7-12-20-21(13-16)28-23(25-20)26(15-18-5-3-2-4-6-18)22(27)14-17-8-10-19(24)11-9-17/h2-13H,14-15H2,1H3. The zero-order valence-corrected chi connectivity index (χ0v) is 16.2. The van der Waals surface area contributed by atoms with Gasteiger partial charge in [-0.15, -0.1) is 0 Å². The van der Waals surface area contributed by atoms with Crippen molar-refractivity contribution in [3.8, 4) is 0 Å². The van der Waals surface area contributed by atoms with E-state index in [0.717, 1.165) is 26.9 Å². The summed E-state index contributed by atoms with van der Waals surface area (Å²) in [6, 6.07) is 22.0. The number of amides is 1. The maximum Gasteiger partial charge on any atom is 0.233 e. The minimum absolute atomic E-state index is 0.0637. The summed E-state index contributed by atoms with van der Waals surface area (Å²) >= 11 is 1.51. The van der Waals surface area contributed by atoms with Crippen molar-refractivity contribution in [3.63, 3.8) is 0 Å². The molecule has 5 heteroatoms. The van der Waals surface area contributed by atoms with Crippen molar-refractivity contribution in [2.75, 3.05) is 4.90 Å². The second-order valence-corrected chi connectivity index (χ2v) is 7.75. The van der Waals surface area contributed by atoms with E-state index in [1.54, 1.807) is 17.0 Å². The summed E-state index contributed by atoms with van der Waals surface area (Å²) in [5, 5.41) is 0.677. The summed E-state index contributed by atoms with van der Waals surface area (Å²) in [5.74, 6) is -0.370. The smallest absolute Gasteiger partial charge is 0.233 e. The molecule has 28 heavy (non-hydrogen) atoms. The molecule has 0 aliphatic carbocycles. The highest BCUT2D eigenvalue weighted by atomic mass is 32.1. The van der Waals surface area contributed by atoms with Crippen molar-refractivity contribution in [1.82, 2.24) is 4.98 Å². The van der Waals surface area contributed by atoms with Crippen molar-refractivity contribution in [3.05, 3.63) is 95.3 Å². The van der Waals surface area contributed by atoms with Gasteiger partial charge in [0.2, 0.25) is 5.91 Å². The lowest BCUT2D eigenvalue weighted by molar-refractivity contribution is -0.118. The third-order valence-electron chi connectivity index (χ3n) is 4.52. The molecule has 1 aromatic heterocycles. The van der Waals surface area contributed by atoms with Crippen molar-refractivity contribution in [1.29, 1.82) is 0 Å². The van der Waals surface area contributed by atoms with Gasteiger partial charge in [-0.1, -0.05) is 59.9 Å². The molecule has 1 heterocycles. The van der Waals surface area contributed by atoms with Crippen LogP contribution in [0, 0.1) is 12.7 Å². The Balaban J connectivity index is 1.67. The highest BCUT2D eigenvalue weighted by Gasteiger charge is 2.20. The predicted octanol–water partition coefficient (Wildman–Crippen LogP) is 5.52. The van der Waals surface area contributed by atoms with E-state index in [9.17, 15) is 9.18 Å². The number of fused-ring (bicyclic) bond motifs is 1. The highest BCUT2D eigenvalue weighted by molar-refractivity contribution is 7.22. The SMILES string of the molecule is Cc1ccc2nc(N(Cc3ccccc3)C(=O)Cc3ccc(F)cc3)sc2c1. The largest absolute Gasteiger partial charge is 0.283 e. The molecule has 0 fully saturated rings. The fourth-order valence-electron chi connectivity index (χ4n) is 3.04. The highest BCUT2D eigenvalue weighted by Crippen LogP contribution is 2.31. The molecule has 1 amide bonds. The summed E-state index contributed by atoms with van der Waals surface area (Å²) in [7, 11) is 0. The van der Waals surface area contributed by atoms with Crippen LogP contribution in [0.2, 0.25) is 0 Å². The lowest BCUT2D eigenvalue weighted by Crippen LogP contribution is -2.31. The average molecular weight is 390 g/mol. The number of hydrogen-bond donors (Lipinski definition) is 0. The van der Waals surface area contributed by atoms with Gasteiger partial charge in [-0.2, -0.15) is 0 Å². The summed E-state index contributed by atoms with van der Waals surface area (Å²) in [6.45, 7) is 2.49. The second-order valence-electron chi connectivity index (χ2n) is 6.74. The van der Waals surface area contributed by atoms with Gasteiger partial charge < -0.3 is 0 Å². The molecule has 0 bridgehead atoms. The summed E-state index contributed by atoms with van der Waals surface area (Å²) in [6.07, 6.45) is 0.196. The average Bonchev–Trinajstić information content (AvgIpc) is 3.11. The third-order valence-corrected chi connectivity index (χ3v) is 5.56. The van der Waals surface area contributed by atoms with Crippen LogP contribution in [-0.2, 0) is 17.8 Å². The Morgan fingerprint density at radius 1 is 1.00 bits per heavy atom. The number of thiazole rings is 1. The van der Waals surface area contributed by atoms with Gasteiger partial charge in [0.25, 0.3) is 0 Å². The number of rotatable bonds is 5. The number of halogens is 1. The van der Waals surface area contributed by atoms with E-state index in [4.69, 9.17) is 4.98 Å². The van der Waals surface area contributed by atoms with Gasteiger partial charge in [-0.3, -0.25) is 9.69 Å². The molecule has 0 saturated heterocycles. The van der Waals surface area contributed by atoms with Crippen molar-refractivity contribution in [2.45, 2.75) is 19.9 Å². The molecule has 0 unspecified atom stereocenters. The number of anilines is 1. The molecular weight excluding hydrogens is 371 g/mol. The molecule has 0 aliphatic heterocycles. The van der Waals surface area contributed by atoms with Crippen molar-refractivity contribution < 1.29 is 9.18 Å². The quantitative estimate of drug-likeness (QED) is 0.450. The maximum atomic E-state index is 13.2. The van der Waals surface area contributed by atoms with Gasteiger partial charge in [-0.25, -0.2) is 9.37 Å². The van der Waals surface area contributed by atoms with Gasteiger partial charge in [0.15, 0.2) is 5.13 Å². The summed E-state index contributed by atoms with van der Waals surface area (Å²) < 4.78 is 14.2. The van der Waals surface area contributed by atoms with Gasteiger partial charge in [0.05, 0.1) is 23.2 Å². The van der Waals surface area contributed by atoms with Crippen LogP contribution in [0.25, 0.3) is 10.2 Å². The third kappa shape index (κ3) is 4.10. The van der Waals surface area contributed by atoms with E-state index in [-0.39, 0.29) is 18.1 Å². The first kappa shape index (κ1) is 18.3. The second kappa shape index (κ2) is 7.90. The molecule has 4 rings (SSSR count). The van der Waals surface area contributed by atoms with E-state index in [2.05, 4.69) is 6.07 Å². The number of nitrogens with zero attached hydrogens (tertiary/aromatic N) is 2.